The van der Waals surface area contributed by atoms with Crippen molar-refractivity contribution in [1.29, 1.82) is 0 Å². The minimum atomic E-state index is -4.32. The zero-order valence-electron chi connectivity index (χ0n) is 10.1. The normalized spacial score (nSPS) is 12.3. The van der Waals surface area contributed by atoms with E-state index in [0.29, 0.717) is 0 Å². The molecule has 0 aliphatic rings. The molecule has 0 radical (unpaired) electrons. The molecule has 1 rings (SSSR count). The van der Waals surface area contributed by atoms with Crippen LogP contribution in [-0.4, -0.2) is 24.7 Å². The predicted molar refractivity (Wildman–Crippen MR) is 70.5 cm³/mol. The lowest BCUT2D eigenvalue weighted by molar-refractivity contribution is -0.117. The van der Waals surface area contributed by atoms with Crippen LogP contribution >= 0.6 is 12.4 Å². The van der Waals surface area contributed by atoms with Gasteiger partial charge in [-0.25, -0.2) is 0 Å². The highest BCUT2D eigenvalue weighted by atomic mass is 35.5. The molecule has 0 aliphatic carbocycles. The summed E-state index contributed by atoms with van der Waals surface area (Å²) in [6.07, 6.45) is -4.32. The van der Waals surface area contributed by atoms with Crippen LogP contribution in [0.15, 0.2) is 24.3 Å². The zero-order valence-corrected chi connectivity index (χ0v) is 10.9. The average Bonchev–Trinajstić information content (AvgIpc) is 2.26. The second-order valence-electron chi connectivity index (χ2n) is 3.79. The van der Waals surface area contributed by atoms with Gasteiger partial charge in [0, 0.05) is 0 Å². The maximum Gasteiger partial charge on any atom is 0.405 e. The van der Waals surface area contributed by atoms with Gasteiger partial charge in [0.25, 0.3) is 0 Å². The highest BCUT2D eigenvalue weighted by molar-refractivity contribution is 5.97. The van der Waals surface area contributed by atoms with Gasteiger partial charge in [-0.1, -0.05) is 12.1 Å². The van der Waals surface area contributed by atoms with Gasteiger partial charge in [-0.15, -0.1) is 12.4 Å². The van der Waals surface area contributed by atoms with E-state index in [9.17, 15) is 18.0 Å². The van der Waals surface area contributed by atoms with Crippen molar-refractivity contribution in [3.63, 3.8) is 0 Å². The summed E-state index contributed by atoms with van der Waals surface area (Å²) in [4.78, 5) is 11.4. The molecule has 1 aromatic carbocycles. The van der Waals surface area contributed by atoms with Crippen molar-refractivity contribution in [3.8, 4) is 0 Å². The predicted octanol–water partition coefficient (Wildman–Crippen LogP) is 2.37. The van der Waals surface area contributed by atoms with E-state index in [4.69, 9.17) is 5.73 Å². The Morgan fingerprint density at radius 1 is 1.32 bits per heavy atom. The highest BCUT2D eigenvalue weighted by Gasteiger charge is 2.27. The van der Waals surface area contributed by atoms with Crippen molar-refractivity contribution in [2.75, 3.05) is 17.2 Å². The number of benzene rings is 1. The second-order valence-corrected chi connectivity index (χ2v) is 3.79. The van der Waals surface area contributed by atoms with E-state index >= 15 is 0 Å². The number of rotatable bonds is 4. The molecule has 0 aromatic heterocycles. The Morgan fingerprint density at radius 3 is 2.32 bits per heavy atom. The molecule has 1 atom stereocenters. The summed E-state index contributed by atoms with van der Waals surface area (Å²) in [6, 6.07) is 5.39. The highest BCUT2D eigenvalue weighted by Crippen LogP contribution is 2.23. The molecular formula is C11H15ClF3N3O. The molecule has 0 spiro atoms. The Morgan fingerprint density at radius 2 is 1.84 bits per heavy atom. The topological polar surface area (TPSA) is 67.2 Å². The lowest BCUT2D eigenvalue weighted by atomic mass is 10.2. The first-order valence-corrected chi connectivity index (χ1v) is 5.25. The number of alkyl halides is 3. The second kappa shape index (κ2) is 7.20. The van der Waals surface area contributed by atoms with E-state index in [2.05, 4.69) is 10.6 Å². The molecule has 0 aliphatic heterocycles. The van der Waals surface area contributed by atoms with Crippen LogP contribution < -0.4 is 16.4 Å². The van der Waals surface area contributed by atoms with E-state index in [-0.39, 0.29) is 23.8 Å². The Balaban J connectivity index is 0.00000324. The first kappa shape index (κ1) is 17.5. The van der Waals surface area contributed by atoms with Gasteiger partial charge in [-0.2, -0.15) is 13.2 Å². The Hall–Kier alpha value is -1.47. The molecule has 0 fully saturated rings. The number of halogens is 4. The van der Waals surface area contributed by atoms with Crippen molar-refractivity contribution < 1.29 is 18.0 Å². The number of carbonyl (C=O) groups excluding carboxylic acids is 1. The van der Waals surface area contributed by atoms with Crippen molar-refractivity contribution in [2.24, 2.45) is 5.73 Å². The average molecular weight is 298 g/mol. The van der Waals surface area contributed by atoms with E-state index < -0.39 is 24.7 Å². The van der Waals surface area contributed by atoms with E-state index in [0.717, 1.165) is 0 Å². The van der Waals surface area contributed by atoms with Crippen molar-refractivity contribution in [3.05, 3.63) is 24.3 Å². The molecule has 19 heavy (non-hydrogen) atoms. The fourth-order valence-electron chi connectivity index (χ4n) is 1.19. The molecule has 0 bridgehead atoms. The minimum absolute atomic E-state index is 0. The first-order chi connectivity index (χ1) is 8.29. The molecule has 108 valence electrons. The van der Waals surface area contributed by atoms with Crippen LogP contribution in [0, 0.1) is 0 Å². The zero-order chi connectivity index (χ0) is 13.8. The molecule has 0 saturated carbocycles. The molecule has 1 unspecified atom stereocenters. The van der Waals surface area contributed by atoms with Crippen LogP contribution in [0.1, 0.15) is 6.92 Å². The Bertz CT molecular complexity index is 424. The minimum Gasteiger partial charge on any atom is -0.375 e. The lowest BCUT2D eigenvalue weighted by Gasteiger charge is -2.15. The van der Waals surface area contributed by atoms with Gasteiger partial charge in [0.15, 0.2) is 0 Å². The van der Waals surface area contributed by atoms with Crippen LogP contribution in [0.4, 0.5) is 24.5 Å². The number of hydrogen-bond donors (Lipinski definition) is 3. The van der Waals surface area contributed by atoms with Gasteiger partial charge in [-0.3, -0.25) is 4.79 Å². The van der Waals surface area contributed by atoms with Gasteiger partial charge in [-0.05, 0) is 19.1 Å². The fourth-order valence-corrected chi connectivity index (χ4v) is 1.19. The Kier molecular flexibility index (Phi) is 6.64. The fraction of sp³-hybridized carbons (Fsp3) is 0.364. The summed E-state index contributed by atoms with van der Waals surface area (Å²) in [5, 5.41) is 4.67. The van der Waals surface area contributed by atoms with Crippen molar-refractivity contribution in [2.45, 2.75) is 19.1 Å². The van der Waals surface area contributed by atoms with Crippen LogP contribution in [0.25, 0.3) is 0 Å². The largest absolute Gasteiger partial charge is 0.405 e. The molecule has 8 heteroatoms. The lowest BCUT2D eigenvalue weighted by Crippen LogP contribution is -2.32. The van der Waals surface area contributed by atoms with Crippen LogP contribution in [-0.2, 0) is 4.79 Å². The number of para-hydroxylation sites is 2. The quantitative estimate of drug-likeness (QED) is 0.799. The van der Waals surface area contributed by atoms with Gasteiger partial charge in [0.05, 0.1) is 17.4 Å². The van der Waals surface area contributed by atoms with E-state index in [1.165, 1.54) is 19.1 Å². The molecule has 4 N–H and O–H groups in total. The number of nitrogens with one attached hydrogen (secondary N) is 2. The van der Waals surface area contributed by atoms with Crippen LogP contribution in [0.3, 0.4) is 0 Å². The van der Waals surface area contributed by atoms with Crippen LogP contribution in [0.5, 0.6) is 0 Å². The maximum absolute atomic E-state index is 12.1. The monoisotopic (exact) mass is 297 g/mol. The molecule has 1 amide bonds. The first-order valence-electron chi connectivity index (χ1n) is 5.25. The number of nitrogens with two attached hydrogens (primary N) is 1. The van der Waals surface area contributed by atoms with Crippen molar-refractivity contribution >= 4 is 29.7 Å². The molecule has 0 saturated heterocycles. The van der Waals surface area contributed by atoms with Crippen molar-refractivity contribution in [1.82, 2.24) is 0 Å². The molecule has 0 heterocycles. The summed E-state index contributed by atoms with van der Waals surface area (Å²) in [7, 11) is 0. The number of anilines is 2. The maximum atomic E-state index is 12.1. The van der Waals surface area contributed by atoms with Gasteiger partial charge in [0.1, 0.15) is 6.54 Å². The van der Waals surface area contributed by atoms with Gasteiger partial charge >= 0.3 is 6.18 Å². The number of hydrogen-bond acceptors (Lipinski definition) is 3. The van der Waals surface area contributed by atoms with Gasteiger partial charge < -0.3 is 16.4 Å². The van der Waals surface area contributed by atoms with E-state index in [1.54, 1.807) is 12.1 Å². The summed E-state index contributed by atoms with van der Waals surface area (Å²) >= 11 is 0. The molecule has 1 aromatic rings. The summed E-state index contributed by atoms with van der Waals surface area (Å²) in [5.41, 5.74) is 5.83. The third kappa shape index (κ3) is 6.30. The summed E-state index contributed by atoms with van der Waals surface area (Å²) in [5.74, 6) is -0.462. The summed E-state index contributed by atoms with van der Waals surface area (Å²) in [6.45, 7) is 0.319. The van der Waals surface area contributed by atoms with E-state index in [1.807, 2.05) is 0 Å². The smallest absolute Gasteiger partial charge is 0.375 e. The third-order valence-electron chi connectivity index (χ3n) is 2.08. The number of carbonyl (C=O) groups is 1. The Labute approximate surface area is 115 Å². The third-order valence-corrected chi connectivity index (χ3v) is 2.08. The number of amides is 1. The summed E-state index contributed by atoms with van der Waals surface area (Å²) < 4.78 is 36.3. The standard InChI is InChI=1S/C11H14F3N3O.ClH/c1-7(15)10(18)17-9-5-3-2-4-8(9)16-6-11(12,13)14;/h2-5,7,16H,6,15H2,1H3,(H,17,18);1H. The van der Waals surface area contributed by atoms with Crippen LogP contribution in [0.2, 0.25) is 0 Å². The SMILES string of the molecule is CC(N)C(=O)Nc1ccccc1NCC(F)(F)F.Cl. The molecule has 4 nitrogen and oxygen atoms in total. The van der Waals surface area contributed by atoms with Gasteiger partial charge in [0.2, 0.25) is 5.91 Å². The molecular weight excluding hydrogens is 283 g/mol.